The van der Waals surface area contributed by atoms with Gasteiger partial charge in [-0.05, 0) is 45.4 Å². The molecule has 0 saturated heterocycles. The Morgan fingerprint density at radius 3 is 1.85 bits per heavy atom. The second kappa shape index (κ2) is 17.9. The van der Waals surface area contributed by atoms with E-state index in [0.29, 0.717) is 6.42 Å². The molecule has 0 aromatic rings. The van der Waals surface area contributed by atoms with Gasteiger partial charge in [0.05, 0.1) is 7.11 Å². The first-order valence-corrected chi connectivity index (χ1v) is 10.7. The predicted octanol–water partition coefficient (Wildman–Crippen LogP) is 5.40. The van der Waals surface area contributed by atoms with Crippen molar-refractivity contribution >= 4 is 12.0 Å². The number of esters is 1. The quantitative estimate of drug-likeness (QED) is 0.204. The Kier molecular flexibility index (Phi) is 16.9. The van der Waals surface area contributed by atoms with Crippen molar-refractivity contribution in [2.75, 3.05) is 34.3 Å². The van der Waals surface area contributed by atoms with E-state index < -0.39 is 0 Å². The Hall–Kier alpha value is -1.52. The van der Waals surface area contributed by atoms with Gasteiger partial charge in [-0.1, -0.05) is 44.3 Å². The first kappa shape index (κ1) is 25.5. The lowest BCUT2D eigenvalue weighted by Crippen LogP contribution is -2.39. The van der Waals surface area contributed by atoms with Crippen LogP contribution in [0.15, 0.2) is 12.2 Å². The van der Waals surface area contributed by atoms with Gasteiger partial charge in [0.25, 0.3) is 0 Å². The number of nitrogens with zero attached hydrogens (tertiary/aromatic N) is 2. The molecule has 2 amide bonds. The van der Waals surface area contributed by atoms with E-state index in [0.717, 1.165) is 45.2 Å². The van der Waals surface area contributed by atoms with Gasteiger partial charge in [0.15, 0.2) is 0 Å². The molecule has 158 valence electrons. The molecule has 0 spiro atoms. The molecule has 0 aromatic carbocycles. The topological polar surface area (TPSA) is 49.9 Å². The molecule has 0 rings (SSSR count). The van der Waals surface area contributed by atoms with Gasteiger partial charge in [0, 0.05) is 33.6 Å². The summed E-state index contributed by atoms with van der Waals surface area (Å²) < 4.78 is 4.63. The number of carbonyl (C=O) groups is 2. The van der Waals surface area contributed by atoms with Crippen LogP contribution in [0.25, 0.3) is 0 Å². The molecule has 0 saturated carbocycles. The minimum Gasteiger partial charge on any atom is -0.469 e. The van der Waals surface area contributed by atoms with Crippen LogP contribution in [0.1, 0.15) is 84.0 Å². The smallest absolute Gasteiger partial charge is 0.319 e. The summed E-state index contributed by atoms with van der Waals surface area (Å²) in [5.74, 6) is -0.0913. The number of unbranched alkanes of at least 4 members (excludes halogenated alkanes) is 9. The third-order valence-corrected chi connectivity index (χ3v) is 4.89. The standard InChI is InChI=1S/C22H42N2O3/c1-5-23(2)22(26)24(3)20-18-16-14-12-10-8-6-7-9-11-13-15-17-19-21(25)27-4/h10,12H,5-9,11,13-20H2,1-4H3/b12-10-. The maximum atomic E-state index is 11.9. The minimum absolute atomic E-state index is 0.0913. The molecule has 0 atom stereocenters. The highest BCUT2D eigenvalue weighted by Crippen LogP contribution is 2.10. The van der Waals surface area contributed by atoms with E-state index in [2.05, 4.69) is 16.9 Å². The molecule has 27 heavy (non-hydrogen) atoms. The number of urea groups is 1. The van der Waals surface area contributed by atoms with Crippen molar-refractivity contribution in [3.63, 3.8) is 0 Å². The zero-order chi connectivity index (χ0) is 20.3. The van der Waals surface area contributed by atoms with Crippen LogP contribution in [0.3, 0.4) is 0 Å². The molecule has 0 fully saturated rings. The summed E-state index contributed by atoms with van der Waals surface area (Å²) in [4.78, 5) is 26.4. The monoisotopic (exact) mass is 382 g/mol. The summed E-state index contributed by atoms with van der Waals surface area (Å²) in [6.45, 7) is 3.57. The Bertz CT molecular complexity index is 410. The molecule has 0 aromatic heterocycles. The fourth-order valence-corrected chi connectivity index (χ4v) is 2.89. The molecule has 5 heteroatoms. The lowest BCUT2D eigenvalue weighted by Gasteiger charge is -2.23. The van der Waals surface area contributed by atoms with Crippen molar-refractivity contribution in [3.8, 4) is 0 Å². The maximum Gasteiger partial charge on any atom is 0.319 e. The SMILES string of the molecule is CCN(C)C(=O)N(C)CCCC/C=C\CCCCCCCCCC(=O)OC. The summed E-state index contributed by atoms with van der Waals surface area (Å²) >= 11 is 0. The summed E-state index contributed by atoms with van der Waals surface area (Å²) in [5, 5.41) is 0. The summed E-state index contributed by atoms with van der Waals surface area (Å²) in [5.41, 5.74) is 0. The van der Waals surface area contributed by atoms with Gasteiger partial charge >= 0.3 is 12.0 Å². The third-order valence-electron chi connectivity index (χ3n) is 4.89. The van der Waals surface area contributed by atoms with Gasteiger partial charge < -0.3 is 14.5 Å². The average molecular weight is 383 g/mol. The van der Waals surface area contributed by atoms with Crippen LogP contribution in [-0.4, -0.2) is 56.1 Å². The lowest BCUT2D eigenvalue weighted by atomic mass is 10.1. The van der Waals surface area contributed by atoms with Crippen LogP contribution in [0.4, 0.5) is 4.79 Å². The summed E-state index contributed by atoms with van der Waals surface area (Å²) in [6, 6.07) is 0.108. The zero-order valence-corrected chi connectivity index (χ0v) is 18.2. The fraction of sp³-hybridized carbons (Fsp3) is 0.818. The molecule has 0 N–H and O–H groups in total. The highest BCUT2D eigenvalue weighted by atomic mass is 16.5. The molecular weight excluding hydrogens is 340 g/mol. The lowest BCUT2D eigenvalue weighted by molar-refractivity contribution is -0.140. The van der Waals surface area contributed by atoms with E-state index in [-0.39, 0.29) is 12.0 Å². The summed E-state index contributed by atoms with van der Waals surface area (Å²) in [6.07, 6.45) is 18.0. The average Bonchev–Trinajstić information content (AvgIpc) is 2.68. The van der Waals surface area contributed by atoms with Crippen LogP contribution in [0, 0.1) is 0 Å². The maximum absolute atomic E-state index is 11.9. The van der Waals surface area contributed by atoms with Crippen LogP contribution < -0.4 is 0 Å². The van der Waals surface area contributed by atoms with Crippen molar-refractivity contribution in [3.05, 3.63) is 12.2 Å². The highest BCUT2D eigenvalue weighted by Gasteiger charge is 2.11. The number of methoxy groups -OCH3 is 1. The third kappa shape index (κ3) is 15.3. The van der Waals surface area contributed by atoms with Gasteiger partial charge in [-0.3, -0.25) is 4.79 Å². The van der Waals surface area contributed by atoms with Crippen LogP contribution >= 0.6 is 0 Å². The minimum atomic E-state index is -0.0913. The van der Waals surface area contributed by atoms with Gasteiger partial charge in [0.2, 0.25) is 0 Å². The molecule has 0 aliphatic carbocycles. The van der Waals surface area contributed by atoms with E-state index in [4.69, 9.17) is 0 Å². The molecule has 0 aliphatic heterocycles. The molecule has 0 unspecified atom stereocenters. The van der Waals surface area contributed by atoms with E-state index in [1.54, 1.807) is 4.90 Å². The van der Waals surface area contributed by atoms with Gasteiger partial charge in [-0.2, -0.15) is 0 Å². The molecular formula is C22H42N2O3. The Morgan fingerprint density at radius 2 is 1.30 bits per heavy atom. The normalized spacial score (nSPS) is 11.0. The number of ether oxygens (including phenoxy) is 1. The number of hydrogen-bond acceptors (Lipinski definition) is 3. The van der Waals surface area contributed by atoms with E-state index >= 15 is 0 Å². The summed E-state index contributed by atoms with van der Waals surface area (Å²) in [7, 11) is 5.17. The molecule has 0 radical (unpaired) electrons. The number of carbonyl (C=O) groups excluding carboxylic acids is 2. The zero-order valence-electron chi connectivity index (χ0n) is 18.2. The van der Waals surface area contributed by atoms with E-state index in [9.17, 15) is 9.59 Å². The van der Waals surface area contributed by atoms with Gasteiger partial charge in [-0.25, -0.2) is 4.79 Å². The molecule has 0 bridgehead atoms. The van der Waals surface area contributed by atoms with Crippen molar-refractivity contribution in [1.29, 1.82) is 0 Å². The molecule has 0 heterocycles. The second-order valence-electron chi connectivity index (χ2n) is 7.28. The van der Waals surface area contributed by atoms with Gasteiger partial charge in [-0.15, -0.1) is 0 Å². The van der Waals surface area contributed by atoms with Crippen molar-refractivity contribution in [1.82, 2.24) is 9.80 Å². The number of hydrogen-bond donors (Lipinski definition) is 0. The Labute approximate surface area is 167 Å². The van der Waals surface area contributed by atoms with Crippen LogP contribution in [0.5, 0.6) is 0 Å². The van der Waals surface area contributed by atoms with E-state index in [1.165, 1.54) is 45.6 Å². The first-order chi connectivity index (χ1) is 13.0. The van der Waals surface area contributed by atoms with Crippen molar-refractivity contribution in [2.45, 2.75) is 84.0 Å². The highest BCUT2D eigenvalue weighted by molar-refractivity contribution is 5.73. The van der Waals surface area contributed by atoms with Gasteiger partial charge in [0.1, 0.15) is 0 Å². The predicted molar refractivity (Wildman–Crippen MR) is 113 cm³/mol. The molecule has 0 aliphatic rings. The van der Waals surface area contributed by atoms with E-state index in [1.807, 2.05) is 25.9 Å². The van der Waals surface area contributed by atoms with Crippen molar-refractivity contribution < 1.29 is 14.3 Å². The Morgan fingerprint density at radius 1 is 0.778 bits per heavy atom. The molecule has 5 nitrogen and oxygen atoms in total. The number of amides is 2. The largest absolute Gasteiger partial charge is 0.469 e. The number of allylic oxidation sites excluding steroid dienone is 2. The first-order valence-electron chi connectivity index (χ1n) is 10.7. The Balaban J connectivity index is 3.36. The second-order valence-corrected chi connectivity index (χ2v) is 7.28. The number of rotatable bonds is 16. The fourth-order valence-electron chi connectivity index (χ4n) is 2.89. The van der Waals surface area contributed by atoms with Crippen molar-refractivity contribution in [2.24, 2.45) is 0 Å². The van der Waals surface area contributed by atoms with Crippen LogP contribution in [0.2, 0.25) is 0 Å². The van der Waals surface area contributed by atoms with Crippen LogP contribution in [-0.2, 0) is 9.53 Å².